The third kappa shape index (κ3) is 5.50. The van der Waals surface area contributed by atoms with Gasteiger partial charge >= 0.3 is 0 Å². The van der Waals surface area contributed by atoms with E-state index in [9.17, 15) is 0 Å². The summed E-state index contributed by atoms with van der Waals surface area (Å²) < 4.78 is 10.7. The topological polar surface area (TPSA) is 30.5 Å². The molecule has 15 heavy (non-hydrogen) atoms. The van der Waals surface area contributed by atoms with Crippen molar-refractivity contribution in [1.82, 2.24) is 5.32 Å². The van der Waals surface area contributed by atoms with E-state index in [2.05, 4.69) is 5.32 Å². The van der Waals surface area contributed by atoms with Crippen LogP contribution in [0.5, 0.6) is 0 Å². The molecule has 0 aliphatic heterocycles. The van der Waals surface area contributed by atoms with Gasteiger partial charge in [-0.1, -0.05) is 0 Å². The zero-order valence-corrected chi connectivity index (χ0v) is 10.1. The Morgan fingerprint density at radius 2 is 2.20 bits per heavy atom. The average molecular weight is 215 g/mol. The second kappa shape index (κ2) is 8.08. The smallest absolute Gasteiger partial charge is 0.0586 e. The Hall–Kier alpha value is -0.120. The molecule has 1 N–H and O–H groups in total. The molecule has 0 radical (unpaired) electrons. The highest BCUT2D eigenvalue weighted by molar-refractivity contribution is 4.77. The van der Waals surface area contributed by atoms with Gasteiger partial charge in [0.15, 0.2) is 0 Å². The van der Waals surface area contributed by atoms with Gasteiger partial charge in [-0.2, -0.15) is 0 Å². The number of rotatable bonds is 7. The lowest BCUT2D eigenvalue weighted by molar-refractivity contribution is 0.0583. The average Bonchev–Trinajstić information content (AvgIpc) is 2.29. The van der Waals surface area contributed by atoms with E-state index < -0.39 is 0 Å². The van der Waals surface area contributed by atoms with Crippen LogP contribution in [-0.4, -0.2) is 39.0 Å². The molecule has 0 saturated heterocycles. The Morgan fingerprint density at radius 3 is 2.93 bits per heavy atom. The van der Waals surface area contributed by atoms with Crippen LogP contribution in [0.2, 0.25) is 0 Å². The molecule has 3 nitrogen and oxygen atoms in total. The SMILES string of the molecule is CCOCCCNC1CCCC(OC)C1. The number of hydrogen-bond donors (Lipinski definition) is 1. The summed E-state index contributed by atoms with van der Waals surface area (Å²) in [5.41, 5.74) is 0. The predicted molar refractivity (Wildman–Crippen MR) is 62.2 cm³/mol. The monoisotopic (exact) mass is 215 g/mol. The van der Waals surface area contributed by atoms with Gasteiger partial charge in [-0.3, -0.25) is 0 Å². The van der Waals surface area contributed by atoms with Crippen molar-refractivity contribution in [3.05, 3.63) is 0 Å². The van der Waals surface area contributed by atoms with E-state index in [-0.39, 0.29) is 0 Å². The first kappa shape index (κ1) is 12.9. The van der Waals surface area contributed by atoms with Gasteiger partial charge in [0.05, 0.1) is 6.10 Å². The van der Waals surface area contributed by atoms with Gasteiger partial charge in [0.2, 0.25) is 0 Å². The summed E-state index contributed by atoms with van der Waals surface area (Å²) in [6.07, 6.45) is 6.58. The molecule has 0 amide bonds. The molecule has 0 aromatic carbocycles. The fourth-order valence-electron chi connectivity index (χ4n) is 2.17. The van der Waals surface area contributed by atoms with E-state index in [0.29, 0.717) is 12.1 Å². The molecule has 0 aromatic rings. The Labute approximate surface area is 93.5 Å². The molecule has 90 valence electrons. The number of nitrogens with one attached hydrogen (secondary N) is 1. The fraction of sp³-hybridized carbons (Fsp3) is 1.00. The Morgan fingerprint density at radius 1 is 1.33 bits per heavy atom. The first-order valence-corrected chi connectivity index (χ1v) is 6.20. The third-order valence-electron chi connectivity index (χ3n) is 3.06. The fourth-order valence-corrected chi connectivity index (χ4v) is 2.17. The Bertz CT molecular complexity index is 153. The van der Waals surface area contributed by atoms with Crippen molar-refractivity contribution >= 4 is 0 Å². The van der Waals surface area contributed by atoms with Crippen molar-refractivity contribution in [3.8, 4) is 0 Å². The van der Waals surface area contributed by atoms with Gasteiger partial charge < -0.3 is 14.8 Å². The highest BCUT2D eigenvalue weighted by Crippen LogP contribution is 2.20. The van der Waals surface area contributed by atoms with Gasteiger partial charge in [-0.25, -0.2) is 0 Å². The third-order valence-corrected chi connectivity index (χ3v) is 3.06. The summed E-state index contributed by atoms with van der Waals surface area (Å²) in [5.74, 6) is 0. The maximum atomic E-state index is 5.40. The summed E-state index contributed by atoms with van der Waals surface area (Å²) in [6.45, 7) is 4.82. The van der Waals surface area contributed by atoms with Crippen molar-refractivity contribution in [1.29, 1.82) is 0 Å². The summed E-state index contributed by atoms with van der Waals surface area (Å²) in [7, 11) is 1.82. The molecule has 2 unspecified atom stereocenters. The maximum Gasteiger partial charge on any atom is 0.0586 e. The summed E-state index contributed by atoms with van der Waals surface area (Å²) in [5, 5.41) is 3.58. The molecule has 0 aromatic heterocycles. The summed E-state index contributed by atoms with van der Waals surface area (Å²) in [6, 6.07) is 0.658. The van der Waals surface area contributed by atoms with Gasteiger partial charge in [-0.15, -0.1) is 0 Å². The van der Waals surface area contributed by atoms with Crippen molar-refractivity contribution in [2.75, 3.05) is 26.9 Å². The van der Waals surface area contributed by atoms with E-state index in [1.54, 1.807) is 0 Å². The Kier molecular flexibility index (Phi) is 6.98. The first-order chi connectivity index (χ1) is 7.36. The molecule has 2 atom stereocenters. The van der Waals surface area contributed by atoms with Crippen LogP contribution in [0, 0.1) is 0 Å². The van der Waals surface area contributed by atoms with E-state index in [1.165, 1.54) is 25.7 Å². The summed E-state index contributed by atoms with van der Waals surface area (Å²) in [4.78, 5) is 0. The van der Waals surface area contributed by atoms with Gasteiger partial charge in [-0.05, 0) is 45.6 Å². The Balaban J connectivity index is 2.00. The van der Waals surface area contributed by atoms with Crippen molar-refractivity contribution in [2.45, 2.75) is 51.2 Å². The lowest BCUT2D eigenvalue weighted by Crippen LogP contribution is -2.37. The van der Waals surface area contributed by atoms with Gasteiger partial charge in [0.25, 0.3) is 0 Å². The van der Waals surface area contributed by atoms with Crippen LogP contribution in [0.15, 0.2) is 0 Å². The van der Waals surface area contributed by atoms with Crippen LogP contribution >= 0.6 is 0 Å². The van der Waals surface area contributed by atoms with E-state index in [0.717, 1.165) is 26.2 Å². The second-order valence-electron chi connectivity index (χ2n) is 4.23. The van der Waals surface area contributed by atoms with Gasteiger partial charge in [0, 0.05) is 26.4 Å². The maximum absolute atomic E-state index is 5.40. The minimum absolute atomic E-state index is 0.475. The zero-order chi connectivity index (χ0) is 10.9. The highest BCUT2D eigenvalue weighted by Gasteiger charge is 2.20. The molecule has 0 bridgehead atoms. The van der Waals surface area contributed by atoms with Crippen LogP contribution in [0.1, 0.15) is 39.0 Å². The largest absolute Gasteiger partial charge is 0.382 e. The van der Waals surface area contributed by atoms with E-state index >= 15 is 0 Å². The minimum Gasteiger partial charge on any atom is -0.382 e. The molecule has 1 fully saturated rings. The quantitative estimate of drug-likeness (QED) is 0.659. The number of hydrogen-bond acceptors (Lipinski definition) is 3. The predicted octanol–water partition coefficient (Wildman–Crippen LogP) is 1.96. The normalized spacial score (nSPS) is 26.8. The van der Waals surface area contributed by atoms with Crippen LogP contribution in [0.3, 0.4) is 0 Å². The molecular formula is C12H25NO2. The van der Waals surface area contributed by atoms with Crippen molar-refractivity contribution in [2.24, 2.45) is 0 Å². The lowest BCUT2D eigenvalue weighted by atomic mass is 9.93. The van der Waals surface area contributed by atoms with Crippen molar-refractivity contribution in [3.63, 3.8) is 0 Å². The van der Waals surface area contributed by atoms with Crippen LogP contribution < -0.4 is 5.32 Å². The van der Waals surface area contributed by atoms with Crippen LogP contribution in [0.25, 0.3) is 0 Å². The molecule has 3 heteroatoms. The molecule has 0 heterocycles. The molecule has 1 rings (SSSR count). The molecular weight excluding hydrogens is 190 g/mol. The minimum atomic E-state index is 0.475. The number of methoxy groups -OCH3 is 1. The lowest BCUT2D eigenvalue weighted by Gasteiger charge is -2.28. The van der Waals surface area contributed by atoms with E-state index in [1.807, 2.05) is 14.0 Å². The van der Waals surface area contributed by atoms with Crippen LogP contribution in [-0.2, 0) is 9.47 Å². The van der Waals surface area contributed by atoms with Gasteiger partial charge in [0.1, 0.15) is 0 Å². The van der Waals surface area contributed by atoms with Crippen molar-refractivity contribution < 1.29 is 9.47 Å². The second-order valence-corrected chi connectivity index (χ2v) is 4.23. The molecule has 1 saturated carbocycles. The molecule has 1 aliphatic carbocycles. The zero-order valence-electron chi connectivity index (χ0n) is 10.1. The first-order valence-electron chi connectivity index (χ1n) is 6.20. The number of ether oxygens (including phenoxy) is 2. The standard InChI is InChI=1S/C12H25NO2/c1-3-15-9-5-8-13-11-6-4-7-12(10-11)14-2/h11-13H,3-10H2,1-2H3. The molecule has 1 aliphatic rings. The summed E-state index contributed by atoms with van der Waals surface area (Å²) >= 11 is 0. The van der Waals surface area contributed by atoms with Crippen LogP contribution in [0.4, 0.5) is 0 Å². The highest BCUT2D eigenvalue weighted by atomic mass is 16.5. The van der Waals surface area contributed by atoms with E-state index in [4.69, 9.17) is 9.47 Å². The molecule has 0 spiro atoms.